The minimum absolute atomic E-state index is 0.0949. The van der Waals surface area contributed by atoms with Gasteiger partial charge in [0.1, 0.15) is 11.0 Å². The van der Waals surface area contributed by atoms with Crippen molar-refractivity contribution >= 4 is 37.7 Å². The second kappa shape index (κ2) is 9.69. The van der Waals surface area contributed by atoms with Gasteiger partial charge in [-0.2, -0.15) is 0 Å². The first-order chi connectivity index (χ1) is 13.9. The maximum atomic E-state index is 13.4. The fourth-order valence-electron chi connectivity index (χ4n) is 3.55. The van der Waals surface area contributed by atoms with Gasteiger partial charge in [-0.05, 0) is 42.7 Å². The van der Waals surface area contributed by atoms with Crippen LogP contribution in [0.15, 0.2) is 72.4 Å². The average molecular weight is 496 g/mol. The zero-order valence-corrected chi connectivity index (χ0v) is 19.6. The number of hydrogen-bond acceptors (Lipinski definition) is 4. The summed E-state index contributed by atoms with van der Waals surface area (Å²) in [6.45, 7) is 1.76. The lowest BCUT2D eigenvalue weighted by Gasteiger charge is -2.35. The standard InChI is InChI=1S/C22H26BrNO3S2/c1-18-16-22(25,20-12-6-3-7-13-20)21(28-15-9-8-14-23)24(18)29(26,27)17-19-10-4-2-5-11-19/h2-7,10-13,16,21,25H,8-9,14-15,17H2,1H3. The van der Waals surface area contributed by atoms with E-state index >= 15 is 0 Å². The van der Waals surface area contributed by atoms with Crippen LogP contribution in [-0.2, 0) is 21.4 Å². The number of nitrogens with zero attached hydrogens (tertiary/aromatic N) is 1. The number of sulfonamides is 1. The van der Waals surface area contributed by atoms with Gasteiger partial charge in [0.05, 0.1) is 5.75 Å². The maximum Gasteiger partial charge on any atom is 0.240 e. The third kappa shape index (κ3) is 5.08. The van der Waals surface area contributed by atoms with Crippen LogP contribution in [-0.4, -0.2) is 34.3 Å². The first-order valence-electron chi connectivity index (χ1n) is 9.59. The van der Waals surface area contributed by atoms with E-state index in [-0.39, 0.29) is 5.75 Å². The SMILES string of the molecule is CC1=CC(O)(c2ccccc2)C(SCCCCBr)N1S(=O)(=O)Cc1ccccc1. The highest BCUT2D eigenvalue weighted by atomic mass is 79.9. The Morgan fingerprint density at radius 1 is 1.07 bits per heavy atom. The van der Waals surface area contributed by atoms with Gasteiger partial charge in [-0.15, -0.1) is 11.8 Å². The van der Waals surface area contributed by atoms with Gasteiger partial charge >= 0.3 is 0 Å². The molecule has 2 atom stereocenters. The van der Waals surface area contributed by atoms with E-state index in [2.05, 4.69) is 15.9 Å². The Bertz CT molecular complexity index is 935. The molecule has 0 saturated heterocycles. The zero-order valence-electron chi connectivity index (χ0n) is 16.4. The van der Waals surface area contributed by atoms with Crippen LogP contribution >= 0.6 is 27.7 Å². The predicted molar refractivity (Wildman–Crippen MR) is 124 cm³/mol. The molecule has 0 saturated carbocycles. The molecule has 0 aliphatic carbocycles. The van der Waals surface area contributed by atoms with Crippen LogP contribution in [0.4, 0.5) is 0 Å². The summed E-state index contributed by atoms with van der Waals surface area (Å²) in [6, 6.07) is 18.5. The lowest BCUT2D eigenvalue weighted by atomic mass is 9.95. The normalized spacial score (nSPS) is 22.0. The highest BCUT2D eigenvalue weighted by molar-refractivity contribution is 9.09. The quantitative estimate of drug-likeness (QED) is 0.398. The zero-order chi connectivity index (χ0) is 20.9. The van der Waals surface area contributed by atoms with Crippen LogP contribution in [0.1, 0.15) is 30.9 Å². The molecular formula is C22H26BrNO3S2. The molecule has 4 nitrogen and oxygen atoms in total. The summed E-state index contributed by atoms with van der Waals surface area (Å²) in [5, 5.41) is 11.9. The molecule has 0 aromatic heterocycles. The Morgan fingerprint density at radius 2 is 1.69 bits per heavy atom. The van der Waals surface area contributed by atoms with Gasteiger partial charge in [-0.1, -0.05) is 76.6 Å². The topological polar surface area (TPSA) is 57.6 Å². The number of thioether (sulfide) groups is 1. The molecule has 0 amide bonds. The van der Waals surface area contributed by atoms with Crippen molar-refractivity contribution in [3.63, 3.8) is 0 Å². The predicted octanol–water partition coefficient (Wildman–Crippen LogP) is 4.86. The Morgan fingerprint density at radius 3 is 2.31 bits per heavy atom. The number of hydrogen-bond donors (Lipinski definition) is 1. The molecule has 1 aliphatic heterocycles. The van der Waals surface area contributed by atoms with Gasteiger partial charge in [0.2, 0.25) is 10.0 Å². The summed E-state index contributed by atoms with van der Waals surface area (Å²) in [4.78, 5) is 0. The maximum absolute atomic E-state index is 13.4. The molecule has 0 fully saturated rings. The van der Waals surface area contributed by atoms with E-state index in [0.29, 0.717) is 11.3 Å². The largest absolute Gasteiger partial charge is 0.378 e. The van der Waals surface area contributed by atoms with E-state index in [0.717, 1.165) is 29.5 Å². The fourth-order valence-corrected chi connectivity index (χ4v) is 7.58. The number of benzene rings is 2. The number of unbranched alkanes of at least 4 members (excludes halogenated alkanes) is 1. The van der Waals surface area contributed by atoms with Crippen molar-refractivity contribution in [2.75, 3.05) is 11.1 Å². The molecule has 29 heavy (non-hydrogen) atoms. The van der Waals surface area contributed by atoms with Gasteiger partial charge in [0.25, 0.3) is 0 Å². The summed E-state index contributed by atoms with van der Waals surface area (Å²) < 4.78 is 28.2. The van der Waals surface area contributed by atoms with Crippen molar-refractivity contribution in [1.29, 1.82) is 0 Å². The smallest absolute Gasteiger partial charge is 0.240 e. The lowest BCUT2D eigenvalue weighted by molar-refractivity contribution is 0.0760. The summed E-state index contributed by atoms with van der Waals surface area (Å²) in [6.07, 6.45) is 3.64. The minimum Gasteiger partial charge on any atom is -0.378 e. The number of alkyl halides is 1. The Kier molecular flexibility index (Phi) is 7.48. The van der Waals surface area contributed by atoms with Crippen molar-refractivity contribution in [2.45, 2.75) is 36.5 Å². The molecule has 7 heteroatoms. The number of allylic oxidation sites excluding steroid dienone is 1. The third-order valence-corrected chi connectivity index (χ3v) is 8.80. The van der Waals surface area contributed by atoms with Crippen LogP contribution in [0.25, 0.3) is 0 Å². The number of rotatable bonds is 9. The molecule has 2 aromatic rings. The monoisotopic (exact) mass is 495 g/mol. The van der Waals surface area contributed by atoms with E-state index in [4.69, 9.17) is 0 Å². The van der Waals surface area contributed by atoms with Crippen molar-refractivity contribution in [3.8, 4) is 0 Å². The van der Waals surface area contributed by atoms with Crippen LogP contribution < -0.4 is 0 Å². The molecule has 0 spiro atoms. The first kappa shape index (κ1) is 22.4. The van der Waals surface area contributed by atoms with E-state index < -0.39 is 21.0 Å². The third-order valence-electron chi connectivity index (χ3n) is 4.90. The number of aliphatic hydroxyl groups is 1. The van der Waals surface area contributed by atoms with E-state index in [1.54, 1.807) is 13.0 Å². The van der Waals surface area contributed by atoms with Gasteiger partial charge < -0.3 is 5.11 Å². The summed E-state index contributed by atoms with van der Waals surface area (Å²) in [5.41, 5.74) is 0.632. The molecule has 2 aromatic carbocycles. The molecule has 1 aliphatic rings. The molecule has 0 bridgehead atoms. The van der Waals surface area contributed by atoms with Crippen molar-refractivity contribution in [1.82, 2.24) is 4.31 Å². The van der Waals surface area contributed by atoms with Crippen LogP contribution in [0.5, 0.6) is 0 Å². The van der Waals surface area contributed by atoms with Gasteiger partial charge in [-0.25, -0.2) is 8.42 Å². The second-order valence-electron chi connectivity index (χ2n) is 7.13. The van der Waals surface area contributed by atoms with Gasteiger partial charge in [0.15, 0.2) is 0 Å². The Hall–Kier alpha value is -1.28. The Balaban J connectivity index is 1.94. The van der Waals surface area contributed by atoms with Crippen molar-refractivity contribution in [3.05, 3.63) is 83.6 Å². The van der Waals surface area contributed by atoms with E-state index in [9.17, 15) is 13.5 Å². The molecule has 2 unspecified atom stereocenters. The highest BCUT2D eigenvalue weighted by Crippen LogP contribution is 2.46. The van der Waals surface area contributed by atoms with Crippen molar-refractivity contribution < 1.29 is 13.5 Å². The molecular weight excluding hydrogens is 470 g/mol. The summed E-state index contributed by atoms with van der Waals surface area (Å²) >= 11 is 4.94. The van der Waals surface area contributed by atoms with E-state index in [1.807, 2.05) is 60.7 Å². The van der Waals surface area contributed by atoms with Crippen molar-refractivity contribution in [2.24, 2.45) is 0 Å². The lowest BCUT2D eigenvalue weighted by Crippen LogP contribution is -2.44. The molecule has 0 radical (unpaired) electrons. The fraction of sp³-hybridized carbons (Fsp3) is 0.364. The van der Waals surface area contributed by atoms with E-state index in [1.165, 1.54) is 16.1 Å². The Labute approximate surface area is 186 Å². The second-order valence-corrected chi connectivity index (χ2v) is 11.0. The molecule has 1 N–H and O–H groups in total. The first-order valence-corrected chi connectivity index (χ1v) is 13.4. The number of halogens is 1. The minimum atomic E-state index is -3.66. The van der Waals surface area contributed by atoms with Gasteiger partial charge in [0, 0.05) is 11.0 Å². The van der Waals surface area contributed by atoms with Gasteiger partial charge in [-0.3, -0.25) is 4.31 Å². The summed E-state index contributed by atoms with van der Waals surface area (Å²) in [7, 11) is -3.66. The van der Waals surface area contributed by atoms with Crippen LogP contribution in [0.3, 0.4) is 0 Å². The molecule has 3 rings (SSSR count). The van der Waals surface area contributed by atoms with Crippen LogP contribution in [0.2, 0.25) is 0 Å². The summed E-state index contributed by atoms with van der Waals surface area (Å²) in [5.74, 6) is 0.673. The van der Waals surface area contributed by atoms with Crippen LogP contribution in [0, 0.1) is 0 Å². The molecule has 156 valence electrons. The molecule has 1 heterocycles. The average Bonchev–Trinajstić information content (AvgIpc) is 2.98. The highest BCUT2D eigenvalue weighted by Gasteiger charge is 2.50.